The Balaban J connectivity index is 1.33. The van der Waals surface area contributed by atoms with E-state index < -0.39 is 159 Å². The van der Waals surface area contributed by atoms with Gasteiger partial charge in [0.05, 0.1) is 26.0 Å². The van der Waals surface area contributed by atoms with Crippen molar-refractivity contribution < 1.29 is 30.5 Å². The summed E-state index contributed by atoms with van der Waals surface area (Å²) in [6.45, 7) is 0. The molecular formula is C52H32O. The summed E-state index contributed by atoms with van der Waals surface area (Å²) in [5, 5.41) is 0.528. The van der Waals surface area contributed by atoms with Gasteiger partial charge in [-0.2, -0.15) is 0 Å². The second kappa shape index (κ2) is 11.8. The molecule has 0 aliphatic rings. The van der Waals surface area contributed by atoms with Crippen molar-refractivity contribution in [2.45, 2.75) is 0 Å². The van der Waals surface area contributed by atoms with Crippen LogP contribution in [0.3, 0.4) is 0 Å². The summed E-state index contributed by atoms with van der Waals surface area (Å²) in [5.74, 6) is 0. The first-order valence-corrected chi connectivity index (χ1v) is 16.7. The highest BCUT2D eigenvalue weighted by molar-refractivity contribution is 6.24. The van der Waals surface area contributed by atoms with Crippen LogP contribution in [0.15, 0.2) is 198 Å². The van der Waals surface area contributed by atoms with Crippen LogP contribution >= 0.6 is 0 Å². The van der Waals surface area contributed by atoms with Crippen LogP contribution in [-0.4, -0.2) is 0 Å². The highest BCUT2D eigenvalue weighted by Crippen LogP contribution is 2.47. The van der Waals surface area contributed by atoms with Gasteiger partial charge in [0.1, 0.15) is 11.2 Å². The van der Waals surface area contributed by atoms with Crippen molar-refractivity contribution in [2.75, 3.05) is 0 Å². The Hall–Kier alpha value is -6.96. The third-order valence-corrected chi connectivity index (χ3v) is 9.69. The molecule has 11 aromatic rings. The Morgan fingerprint density at radius 1 is 0.340 bits per heavy atom. The summed E-state index contributed by atoms with van der Waals surface area (Å²) in [7, 11) is 0. The summed E-state index contributed by atoms with van der Waals surface area (Å²) < 4.78 is 179. The minimum absolute atomic E-state index is 0.0383. The van der Waals surface area contributed by atoms with Crippen molar-refractivity contribution in [1.82, 2.24) is 0 Å². The smallest absolute Gasteiger partial charge is 0.135 e. The number of hydrogen-bond donors (Lipinski definition) is 0. The van der Waals surface area contributed by atoms with Crippen LogP contribution in [0, 0.1) is 0 Å². The van der Waals surface area contributed by atoms with Gasteiger partial charge in [0.2, 0.25) is 0 Å². The maximum atomic E-state index is 9.93. The zero-order chi connectivity index (χ0) is 51.4. The molecule has 0 atom stereocenters. The second-order valence-corrected chi connectivity index (χ2v) is 12.5. The molecular weight excluding hydrogens is 641 g/mol. The fourth-order valence-corrected chi connectivity index (χ4v) is 7.40. The van der Waals surface area contributed by atoms with E-state index in [2.05, 4.69) is 0 Å². The van der Waals surface area contributed by atoms with E-state index in [4.69, 9.17) is 19.5 Å². The molecule has 0 saturated carbocycles. The van der Waals surface area contributed by atoms with Crippen molar-refractivity contribution in [3.63, 3.8) is 0 Å². The molecule has 0 spiro atoms. The third kappa shape index (κ3) is 4.64. The minimum atomic E-state index is -0.930. The minimum Gasteiger partial charge on any atom is -0.456 e. The maximum absolute atomic E-state index is 9.93. The van der Waals surface area contributed by atoms with Crippen LogP contribution in [0.25, 0.3) is 110 Å². The van der Waals surface area contributed by atoms with Crippen molar-refractivity contribution in [3.05, 3.63) is 194 Å². The summed E-state index contributed by atoms with van der Waals surface area (Å²) in [6.07, 6.45) is 0. The van der Waals surface area contributed by atoms with E-state index in [1.165, 1.54) is 0 Å². The largest absolute Gasteiger partial charge is 0.456 e. The number of furan rings is 1. The molecule has 0 bridgehead atoms. The fourth-order valence-electron chi connectivity index (χ4n) is 7.40. The van der Waals surface area contributed by atoms with Crippen LogP contribution < -0.4 is 0 Å². The topological polar surface area (TPSA) is 13.1 Å². The molecule has 0 unspecified atom stereocenters. The lowest BCUT2D eigenvalue weighted by Gasteiger charge is -2.20. The highest BCUT2D eigenvalue weighted by Gasteiger charge is 2.20. The Morgan fingerprint density at radius 3 is 1.68 bits per heavy atom. The zero-order valence-corrected chi connectivity index (χ0v) is 27.4. The average Bonchev–Trinajstić information content (AvgIpc) is 3.76. The van der Waals surface area contributed by atoms with E-state index in [0.29, 0.717) is 27.5 Å². The molecule has 1 heteroatoms. The predicted octanol–water partition coefficient (Wildman–Crippen LogP) is 14.9. The summed E-state index contributed by atoms with van der Waals surface area (Å²) in [4.78, 5) is 0. The molecule has 1 nitrogen and oxygen atoms in total. The van der Waals surface area contributed by atoms with Crippen molar-refractivity contribution in [1.29, 1.82) is 0 Å². The van der Waals surface area contributed by atoms with Gasteiger partial charge in [0.15, 0.2) is 0 Å². The molecule has 1 heterocycles. The first kappa shape index (κ1) is 16.6. The monoisotopic (exact) mass is 691 g/mol. The summed E-state index contributed by atoms with van der Waals surface area (Å²) >= 11 is 0. The van der Waals surface area contributed by atoms with E-state index >= 15 is 0 Å². The number of benzene rings is 10. The van der Waals surface area contributed by atoms with Crippen LogP contribution in [0.1, 0.15) is 26.0 Å². The molecule has 53 heavy (non-hydrogen) atoms. The van der Waals surface area contributed by atoms with Crippen LogP contribution in [0.4, 0.5) is 0 Å². The Kier molecular flexibility index (Phi) is 3.69. The molecule has 0 aliphatic carbocycles. The molecule has 0 saturated heterocycles. The van der Waals surface area contributed by atoms with Gasteiger partial charge in [-0.1, -0.05) is 169 Å². The predicted molar refractivity (Wildman–Crippen MR) is 225 cm³/mol. The number of fused-ring (bicyclic) bond motifs is 7. The SMILES string of the molecule is [2H]c1c([2H])c(-c2c([2H])c([2H])c([2H])c3c([2H])c([2H])c([2H])c([2H])c23)c([2H])c(-c2c3c([2H])c([2H])c([2H])c([2H])c3c(-c3ccc(-c4ccc5oc6ccccc6c5c4)c4ccccc34)c3c([2H])c([2H])c([2H])c([2H])c23)c1[2H]. The van der Waals surface area contributed by atoms with Crippen LogP contribution in [-0.2, 0) is 0 Å². The quantitative estimate of drug-likeness (QED) is 0.167. The van der Waals surface area contributed by atoms with Crippen LogP contribution in [0.5, 0.6) is 0 Å². The van der Waals surface area contributed by atoms with Gasteiger partial charge < -0.3 is 4.42 Å². The first-order chi connectivity index (χ1) is 34.2. The number of hydrogen-bond acceptors (Lipinski definition) is 1. The Morgan fingerprint density at radius 2 is 0.906 bits per heavy atom. The maximum Gasteiger partial charge on any atom is 0.135 e. The lowest BCUT2D eigenvalue weighted by molar-refractivity contribution is 0.669. The molecule has 10 aromatic carbocycles. The van der Waals surface area contributed by atoms with E-state index in [-0.39, 0.29) is 16.3 Å². The molecule has 0 aliphatic heterocycles. The van der Waals surface area contributed by atoms with Crippen molar-refractivity contribution >= 4 is 65.0 Å². The molecule has 0 amide bonds. The molecule has 0 N–H and O–H groups in total. The van der Waals surface area contributed by atoms with Gasteiger partial charge >= 0.3 is 0 Å². The molecule has 246 valence electrons. The van der Waals surface area contributed by atoms with E-state index in [1.54, 1.807) is 24.3 Å². The first-order valence-electron chi connectivity index (χ1n) is 26.2. The van der Waals surface area contributed by atoms with Gasteiger partial charge in [-0.15, -0.1) is 0 Å². The molecule has 0 fully saturated rings. The Bertz CT molecular complexity index is 4240. The number of rotatable bonds is 4. The van der Waals surface area contributed by atoms with Gasteiger partial charge in [-0.05, 0) is 112 Å². The molecule has 1 aromatic heterocycles. The summed E-state index contributed by atoms with van der Waals surface area (Å²) in [6, 6.07) is 9.12. The highest BCUT2D eigenvalue weighted by atomic mass is 16.3. The zero-order valence-electron chi connectivity index (χ0n) is 46.4. The average molecular weight is 692 g/mol. The lowest BCUT2D eigenvalue weighted by Crippen LogP contribution is -1.93. The van der Waals surface area contributed by atoms with E-state index in [1.807, 2.05) is 54.6 Å². The van der Waals surface area contributed by atoms with Gasteiger partial charge in [0, 0.05) is 10.8 Å². The van der Waals surface area contributed by atoms with Gasteiger partial charge in [-0.3, -0.25) is 0 Å². The molecule has 0 radical (unpaired) electrons. The van der Waals surface area contributed by atoms with E-state index in [9.17, 15) is 11.0 Å². The number of para-hydroxylation sites is 1. The third-order valence-electron chi connectivity index (χ3n) is 9.69. The Labute approximate surface area is 333 Å². The van der Waals surface area contributed by atoms with Gasteiger partial charge in [-0.25, -0.2) is 0 Å². The second-order valence-electron chi connectivity index (χ2n) is 12.5. The lowest BCUT2D eigenvalue weighted by atomic mass is 9.83. The van der Waals surface area contributed by atoms with E-state index in [0.717, 1.165) is 21.9 Å². The normalized spacial score (nSPS) is 16.8. The molecule has 11 rings (SSSR count). The summed E-state index contributed by atoms with van der Waals surface area (Å²) in [5.41, 5.74) is 0.683. The standard InChI is InChI=1S/C52H32O/c1-2-17-37-33(13-1)14-12-25-38(37)34-15-11-16-36(31-34)51-43-21-5-7-23-45(43)52(46-24-8-6-22-44(46)51)47-29-28-39(40-18-3-4-19-41(40)47)35-27-30-50-48(32-35)42-20-9-10-26-49(42)53-50/h1-32H/i1D,2D,5D,6D,7D,8D,11D,12D,13D,14D,15D,16D,17D,21D,22D,23D,24D,25D,31D. The fraction of sp³-hybridized carbons (Fsp3) is 0. The van der Waals surface area contributed by atoms with Crippen molar-refractivity contribution in [2.24, 2.45) is 0 Å². The van der Waals surface area contributed by atoms with Gasteiger partial charge in [0.25, 0.3) is 0 Å². The van der Waals surface area contributed by atoms with Crippen LogP contribution in [0.2, 0.25) is 0 Å². The van der Waals surface area contributed by atoms with Crippen molar-refractivity contribution in [3.8, 4) is 44.5 Å².